The Morgan fingerprint density at radius 1 is 0.947 bits per heavy atom. The molecule has 0 saturated carbocycles. The van der Waals surface area contributed by atoms with Crippen LogP contribution in [0.5, 0.6) is 0 Å². The van der Waals surface area contributed by atoms with Crippen LogP contribution in [0.3, 0.4) is 0 Å². The van der Waals surface area contributed by atoms with E-state index in [9.17, 15) is 0 Å². The Balaban J connectivity index is 1.82. The van der Waals surface area contributed by atoms with Crippen molar-refractivity contribution in [1.29, 1.82) is 0 Å². The number of fused-ring (bicyclic) bond motifs is 5. The van der Waals surface area contributed by atoms with Gasteiger partial charge in [-0.05, 0) is 53.1 Å². The van der Waals surface area contributed by atoms with Crippen LogP contribution in [0.1, 0.15) is 36.4 Å². The van der Waals surface area contributed by atoms with E-state index >= 15 is 0 Å². The largest absolute Gasteiger partial charge is 0.310 e. The molecule has 2 aromatic carbocycles. The summed E-state index contributed by atoms with van der Waals surface area (Å²) in [5, 5.41) is 3.70. The average molecular weight is 249 g/mol. The van der Waals surface area contributed by atoms with Crippen LogP contribution >= 0.6 is 0 Å². The van der Waals surface area contributed by atoms with Gasteiger partial charge in [-0.1, -0.05) is 49.4 Å². The van der Waals surface area contributed by atoms with E-state index in [-0.39, 0.29) is 0 Å². The zero-order chi connectivity index (χ0) is 12.8. The van der Waals surface area contributed by atoms with Crippen molar-refractivity contribution in [3.8, 4) is 11.1 Å². The first-order chi connectivity index (χ1) is 9.34. The van der Waals surface area contributed by atoms with E-state index < -0.39 is 0 Å². The summed E-state index contributed by atoms with van der Waals surface area (Å²) in [5.41, 5.74) is 5.79. The Kier molecular flexibility index (Phi) is 2.49. The quantitative estimate of drug-likeness (QED) is 0.801. The number of piperidine rings is 1. The molecule has 3 atom stereocenters. The van der Waals surface area contributed by atoms with E-state index in [4.69, 9.17) is 0 Å². The van der Waals surface area contributed by atoms with E-state index in [1.54, 1.807) is 5.56 Å². The highest BCUT2D eigenvalue weighted by molar-refractivity contribution is 5.66. The maximum absolute atomic E-state index is 3.70. The van der Waals surface area contributed by atoms with Crippen molar-refractivity contribution in [2.24, 2.45) is 5.92 Å². The standard InChI is InChI=1S/C18H19N/c1-12-15-9-10-19-18(12)17-11-14(7-8-16(15)17)13-5-3-2-4-6-13/h2-8,11-12,15,18-19H,9-10H2,1H3. The molecule has 1 saturated heterocycles. The van der Waals surface area contributed by atoms with E-state index in [1.165, 1.54) is 23.1 Å². The Hall–Kier alpha value is -1.60. The lowest BCUT2D eigenvalue weighted by Gasteiger charge is -2.28. The monoisotopic (exact) mass is 249 g/mol. The van der Waals surface area contributed by atoms with Crippen molar-refractivity contribution in [2.45, 2.75) is 25.3 Å². The second kappa shape index (κ2) is 4.21. The summed E-state index contributed by atoms with van der Waals surface area (Å²) in [4.78, 5) is 0. The Morgan fingerprint density at radius 3 is 2.63 bits per heavy atom. The zero-order valence-electron chi connectivity index (χ0n) is 11.3. The first-order valence-electron chi connectivity index (χ1n) is 7.27. The summed E-state index contributed by atoms with van der Waals surface area (Å²) in [5.74, 6) is 1.51. The Bertz CT molecular complexity index is 602. The van der Waals surface area contributed by atoms with Crippen molar-refractivity contribution in [3.05, 3.63) is 59.7 Å². The van der Waals surface area contributed by atoms with Gasteiger partial charge in [0.25, 0.3) is 0 Å². The van der Waals surface area contributed by atoms with E-state index in [1.807, 2.05) is 0 Å². The van der Waals surface area contributed by atoms with Gasteiger partial charge in [-0.25, -0.2) is 0 Å². The lowest BCUT2D eigenvalue weighted by Crippen LogP contribution is -2.31. The fourth-order valence-electron chi connectivity index (χ4n) is 3.90. The van der Waals surface area contributed by atoms with Gasteiger partial charge >= 0.3 is 0 Å². The minimum absolute atomic E-state index is 0.567. The number of hydrogen-bond donors (Lipinski definition) is 1. The van der Waals surface area contributed by atoms with Gasteiger partial charge in [0, 0.05) is 6.04 Å². The third-order valence-electron chi connectivity index (χ3n) is 4.91. The van der Waals surface area contributed by atoms with Crippen LogP contribution in [0.4, 0.5) is 0 Å². The highest BCUT2D eigenvalue weighted by Gasteiger charge is 2.40. The highest BCUT2D eigenvalue weighted by Crippen LogP contribution is 2.49. The normalized spacial score (nSPS) is 28.2. The van der Waals surface area contributed by atoms with Gasteiger partial charge in [0.1, 0.15) is 0 Å². The molecule has 1 aliphatic carbocycles. The fourth-order valence-corrected chi connectivity index (χ4v) is 3.90. The molecule has 4 rings (SSSR count). The number of nitrogens with one attached hydrogen (secondary N) is 1. The molecule has 0 radical (unpaired) electrons. The predicted octanol–water partition coefficient (Wildman–Crippen LogP) is 4.12. The van der Waals surface area contributed by atoms with Crippen molar-refractivity contribution < 1.29 is 0 Å². The Morgan fingerprint density at radius 2 is 1.79 bits per heavy atom. The van der Waals surface area contributed by atoms with Gasteiger partial charge in [0.05, 0.1) is 0 Å². The van der Waals surface area contributed by atoms with Crippen LogP contribution in [0.15, 0.2) is 48.5 Å². The number of hydrogen-bond acceptors (Lipinski definition) is 1. The molecule has 1 N–H and O–H groups in total. The van der Waals surface area contributed by atoms with Gasteiger partial charge in [0.15, 0.2) is 0 Å². The summed E-state index contributed by atoms with van der Waals surface area (Å²) in [6.07, 6.45) is 1.29. The molecule has 1 fully saturated rings. The molecular weight excluding hydrogens is 230 g/mol. The second-order valence-electron chi connectivity index (χ2n) is 5.90. The molecule has 1 heteroatoms. The molecule has 1 aliphatic heterocycles. The Labute approximate surface area is 114 Å². The summed E-state index contributed by atoms with van der Waals surface area (Å²) in [6, 6.07) is 18.3. The van der Waals surface area contributed by atoms with Crippen LogP contribution in [0.2, 0.25) is 0 Å². The van der Waals surface area contributed by atoms with Gasteiger partial charge in [-0.15, -0.1) is 0 Å². The second-order valence-corrected chi connectivity index (χ2v) is 5.90. The predicted molar refractivity (Wildman–Crippen MR) is 79.1 cm³/mol. The molecule has 2 aliphatic rings. The van der Waals surface area contributed by atoms with Crippen LogP contribution in [-0.4, -0.2) is 6.54 Å². The smallest absolute Gasteiger partial charge is 0.0354 e. The molecule has 3 unspecified atom stereocenters. The maximum atomic E-state index is 3.70. The van der Waals surface area contributed by atoms with Gasteiger partial charge < -0.3 is 5.32 Å². The molecule has 96 valence electrons. The van der Waals surface area contributed by atoms with Crippen molar-refractivity contribution in [3.63, 3.8) is 0 Å². The van der Waals surface area contributed by atoms with E-state index in [2.05, 4.69) is 60.8 Å². The lowest BCUT2D eigenvalue weighted by atomic mass is 9.87. The third-order valence-corrected chi connectivity index (χ3v) is 4.91. The summed E-state index contributed by atoms with van der Waals surface area (Å²) in [6.45, 7) is 3.55. The molecule has 0 aromatic heterocycles. The number of rotatable bonds is 1. The maximum Gasteiger partial charge on any atom is 0.0354 e. The summed E-state index contributed by atoms with van der Waals surface area (Å²) >= 11 is 0. The zero-order valence-corrected chi connectivity index (χ0v) is 11.3. The first kappa shape index (κ1) is 11.2. The van der Waals surface area contributed by atoms with Crippen LogP contribution in [-0.2, 0) is 0 Å². The molecule has 1 nitrogen and oxygen atoms in total. The summed E-state index contributed by atoms with van der Waals surface area (Å²) in [7, 11) is 0. The third kappa shape index (κ3) is 1.65. The molecule has 0 amide bonds. The fraction of sp³-hybridized carbons (Fsp3) is 0.333. The van der Waals surface area contributed by atoms with Gasteiger partial charge in [0.2, 0.25) is 0 Å². The topological polar surface area (TPSA) is 12.0 Å². The van der Waals surface area contributed by atoms with Crippen LogP contribution in [0, 0.1) is 5.92 Å². The molecule has 2 aromatic rings. The SMILES string of the molecule is CC1C2CCNC1c1cc(-c3ccccc3)ccc12. The van der Waals surface area contributed by atoms with Crippen molar-refractivity contribution >= 4 is 0 Å². The molecule has 2 bridgehead atoms. The van der Waals surface area contributed by atoms with Crippen molar-refractivity contribution in [2.75, 3.05) is 6.54 Å². The summed E-state index contributed by atoms with van der Waals surface area (Å²) < 4.78 is 0. The molecule has 1 heterocycles. The molecule has 0 spiro atoms. The van der Waals surface area contributed by atoms with Gasteiger partial charge in [-0.3, -0.25) is 0 Å². The molecule has 19 heavy (non-hydrogen) atoms. The molecular formula is C18H19N. The van der Waals surface area contributed by atoms with E-state index in [0.29, 0.717) is 6.04 Å². The van der Waals surface area contributed by atoms with Gasteiger partial charge in [-0.2, -0.15) is 0 Å². The highest BCUT2D eigenvalue weighted by atomic mass is 14.9. The van der Waals surface area contributed by atoms with E-state index in [0.717, 1.165) is 18.4 Å². The average Bonchev–Trinajstić information content (AvgIpc) is 2.63. The first-order valence-corrected chi connectivity index (χ1v) is 7.27. The number of benzene rings is 2. The van der Waals surface area contributed by atoms with Crippen LogP contribution in [0.25, 0.3) is 11.1 Å². The van der Waals surface area contributed by atoms with Crippen LogP contribution < -0.4 is 5.32 Å². The lowest BCUT2D eigenvalue weighted by molar-refractivity contribution is 0.300. The minimum Gasteiger partial charge on any atom is -0.310 e. The minimum atomic E-state index is 0.567. The van der Waals surface area contributed by atoms with Crippen molar-refractivity contribution in [1.82, 2.24) is 5.32 Å².